The third-order valence-electron chi connectivity index (χ3n) is 14.4. The summed E-state index contributed by atoms with van der Waals surface area (Å²) in [4.78, 5) is 2.50. The molecule has 0 saturated carbocycles. The third kappa shape index (κ3) is 6.58. The number of fused-ring (bicyclic) bond motifs is 7. The Kier molecular flexibility index (Phi) is 9.18. The molecule has 0 spiro atoms. The fraction of sp³-hybridized carbons (Fsp3) is 0. The molecule has 13 aromatic carbocycles. The molecule has 320 valence electrons. The van der Waals surface area contributed by atoms with Gasteiger partial charge in [0.2, 0.25) is 0 Å². The van der Waals surface area contributed by atoms with Gasteiger partial charge in [0.15, 0.2) is 0 Å². The molecule has 0 atom stereocenters. The van der Waals surface area contributed by atoms with Crippen LogP contribution in [0.15, 0.2) is 255 Å². The predicted octanol–water partition coefficient (Wildman–Crippen LogP) is 19.8. The van der Waals surface area contributed by atoms with Crippen LogP contribution in [0.5, 0.6) is 0 Å². The van der Waals surface area contributed by atoms with E-state index in [0.717, 1.165) is 0 Å². The molecule has 1 heteroatoms. The van der Waals surface area contributed by atoms with Gasteiger partial charge in [0.1, 0.15) is 0 Å². The third-order valence-corrected chi connectivity index (χ3v) is 15.6. The van der Waals surface area contributed by atoms with Crippen LogP contribution in [-0.4, -0.2) is 0 Å². The maximum absolute atomic E-state index is 2.45. The molecule has 1 heterocycles. The van der Waals surface area contributed by atoms with Crippen molar-refractivity contribution in [2.75, 3.05) is 0 Å². The Hall–Kier alpha value is -8.62. The SMILES string of the molecule is c1ccc2cc(-c3c4ccccc4c(-c4ccc(-c5ccc(-c6ccc7c(-c8ccc9ccccc9c8)c8ccccc8c(-c8ccc9ccccc9c8)c7c6)s5)cc4)c4ccccc34)ccc2c1. The van der Waals surface area contributed by atoms with E-state index in [4.69, 9.17) is 0 Å². The zero-order valence-electron chi connectivity index (χ0n) is 37.7. The first kappa shape index (κ1) is 39.5. The lowest BCUT2D eigenvalue weighted by molar-refractivity contribution is 1.65. The standard InChI is InChI=1S/C68H42S/c1-4-16-48-39-52(32-25-43(48)13-1)66-57-21-9-7-19-55(57)65(56-20-8-10-22-58(56)66)47-30-28-46(29-31-47)63-37-38-64(69-63)51-35-36-61-62(42-51)68(54-34-27-45-15-3-6-18-50(45)41-54)60-24-12-11-23-59(60)67(61)53-33-26-44-14-2-5-17-49(44)40-53/h1-42H. The lowest BCUT2D eigenvalue weighted by Crippen LogP contribution is -1.92. The lowest BCUT2D eigenvalue weighted by atomic mass is 9.84. The Morgan fingerprint density at radius 3 is 0.884 bits per heavy atom. The maximum Gasteiger partial charge on any atom is 0.0349 e. The molecule has 0 aliphatic heterocycles. The van der Waals surface area contributed by atoms with E-state index >= 15 is 0 Å². The quantitative estimate of drug-likeness (QED) is 0.146. The Labute approximate surface area is 404 Å². The zero-order valence-corrected chi connectivity index (χ0v) is 38.5. The molecule has 0 N–H and O–H groups in total. The van der Waals surface area contributed by atoms with E-state index in [2.05, 4.69) is 255 Å². The van der Waals surface area contributed by atoms with Gasteiger partial charge in [-0.05, 0) is 167 Å². The first-order chi connectivity index (χ1) is 34.2. The second-order valence-electron chi connectivity index (χ2n) is 18.3. The highest BCUT2D eigenvalue weighted by Crippen LogP contribution is 2.48. The molecule has 0 fully saturated rings. The second kappa shape index (κ2) is 16.0. The number of rotatable bonds is 6. The first-order valence-corrected chi connectivity index (χ1v) is 24.6. The van der Waals surface area contributed by atoms with Crippen molar-refractivity contribution >= 4 is 86.7 Å². The number of thiophene rings is 1. The Morgan fingerprint density at radius 2 is 0.464 bits per heavy atom. The molecule has 0 radical (unpaired) electrons. The van der Waals surface area contributed by atoms with E-state index in [9.17, 15) is 0 Å². The van der Waals surface area contributed by atoms with Crippen LogP contribution >= 0.6 is 11.3 Å². The van der Waals surface area contributed by atoms with Crippen molar-refractivity contribution in [2.45, 2.75) is 0 Å². The summed E-state index contributed by atoms with van der Waals surface area (Å²) < 4.78 is 0. The van der Waals surface area contributed by atoms with Gasteiger partial charge in [-0.2, -0.15) is 0 Å². The smallest absolute Gasteiger partial charge is 0.0349 e. The van der Waals surface area contributed by atoms with Gasteiger partial charge in [-0.15, -0.1) is 11.3 Å². The fourth-order valence-electron chi connectivity index (χ4n) is 11.2. The van der Waals surface area contributed by atoms with Gasteiger partial charge >= 0.3 is 0 Å². The van der Waals surface area contributed by atoms with Crippen molar-refractivity contribution in [3.63, 3.8) is 0 Å². The summed E-state index contributed by atoms with van der Waals surface area (Å²) in [6, 6.07) is 94.7. The topological polar surface area (TPSA) is 0 Å². The molecule has 0 saturated heterocycles. The Balaban J connectivity index is 0.890. The van der Waals surface area contributed by atoms with Gasteiger partial charge < -0.3 is 0 Å². The lowest BCUT2D eigenvalue weighted by Gasteiger charge is -2.19. The van der Waals surface area contributed by atoms with E-state index in [0.29, 0.717) is 0 Å². The summed E-state index contributed by atoms with van der Waals surface area (Å²) in [6.07, 6.45) is 0. The molecule has 0 aliphatic rings. The molecule has 14 aromatic rings. The highest BCUT2D eigenvalue weighted by molar-refractivity contribution is 7.18. The van der Waals surface area contributed by atoms with Crippen molar-refractivity contribution in [3.8, 4) is 65.4 Å². The van der Waals surface area contributed by atoms with E-state index < -0.39 is 0 Å². The summed E-state index contributed by atoms with van der Waals surface area (Å²) in [5, 5.41) is 17.6. The minimum Gasteiger partial charge on any atom is -0.135 e. The van der Waals surface area contributed by atoms with Crippen LogP contribution in [0.25, 0.3) is 141 Å². The number of hydrogen-bond donors (Lipinski definition) is 0. The molecular weight excluding hydrogens is 849 g/mol. The van der Waals surface area contributed by atoms with E-state index in [1.54, 1.807) is 0 Å². The van der Waals surface area contributed by atoms with Crippen molar-refractivity contribution in [3.05, 3.63) is 255 Å². The van der Waals surface area contributed by atoms with Gasteiger partial charge in [0, 0.05) is 9.75 Å². The molecule has 1 aromatic heterocycles. The average molecular weight is 891 g/mol. The van der Waals surface area contributed by atoms with Crippen molar-refractivity contribution in [1.29, 1.82) is 0 Å². The number of benzene rings is 13. The van der Waals surface area contributed by atoms with Gasteiger partial charge in [-0.3, -0.25) is 0 Å². The van der Waals surface area contributed by atoms with Crippen LogP contribution in [-0.2, 0) is 0 Å². The summed E-state index contributed by atoms with van der Waals surface area (Å²) in [5.74, 6) is 0. The first-order valence-electron chi connectivity index (χ1n) is 23.8. The highest BCUT2D eigenvalue weighted by Gasteiger charge is 2.20. The van der Waals surface area contributed by atoms with Crippen molar-refractivity contribution < 1.29 is 0 Å². The summed E-state index contributed by atoms with van der Waals surface area (Å²) in [6.45, 7) is 0. The van der Waals surface area contributed by atoms with Gasteiger partial charge in [-0.25, -0.2) is 0 Å². The van der Waals surface area contributed by atoms with Crippen molar-refractivity contribution in [2.24, 2.45) is 0 Å². The monoisotopic (exact) mass is 890 g/mol. The minimum absolute atomic E-state index is 1.22. The van der Waals surface area contributed by atoms with Crippen LogP contribution in [0.2, 0.25) is 0 Å². The molecule has 0 amide bonds. The predicted molar refractivity (Wildman–Crippen MR) is 299 cm³/mol. The van der Waals surface area contributed by atoms with Gasteiger partial charge in [0.05, 0.1) is 0 Å². The maximum atomic E-state index is 2.45. The summed E-state index contributed by atoms with van der Waals surface area (Å²) in [7, 11) is 0. The van der Waals surface area contributed by atoms with Crippen LogP contribution in [0.1, 0.15) is 0 Å². The molecule has 0 aliphatic carbocycles. The van der Waals surface area contributed by atoms with Gasteiger partial charge in [-0.1, -0.05) is 218 Å². The van der Waals surface area contributed by atoms with Gasteiger partial charge in [0.25, 0.3) is 0 Å². The van der Waals surface area contributed by atoms with Crippen LogP contribution in [0.4, 0.5) is 0 Å². The number of hydrogen-bond acceptors (Lipinski definition) is 1. The molecule has 0 bridgehead atoms. The normalized spacial score (nSPS) is 11.8. The van der Waals surface area contributed by atoms with Crippen LogP contribution in [0.3, 0.4) is 0 Å². The van der Waals surface area contributed by atoms with Crippen LogP contribution in [0, 0.1) is 0 Å². The molecule has 0 unspecified atom stereocenters. The fourth-order valence-corrected chi connectivity index (χ4v) is 12.2. The Morgan fingerprint density at radius 1 is 0.174 bits per heavy atom. The van der Waals surface area contributed by atoms with E-state index in [1.165, 1.54) is 141 Å². The minimum atomic E-state index is 1.22. The molecule has 14 rings (SSSR count). The van der Waals surface area contributed by atoms with Crippen molar-refractivity contribution in [1.82, 2.24) is 0 Å². The molecular formula is C68H42S. The highest BCUT2D eigenvalue weighted by atomic mass is 32.1. The summed E-state index contributed by atoms with van der Waals surface area (Å²) >= 11 is 1.86. The van der Waals surface area contributed by atoms with Crippen LogP contribution < -0.4 is 0 Å². The Bertz CT molecular complexity index is 4300. The zero-order chi connectivity index (χ0) is 45.4. The van der Waals surface area contributed by atoms with E-state index in [1.807, 2.05) is 11.3 Å². The molecule has 0 nitrogen and oxygen atoms in total. The summed E-state index contributed by atoms with van der Waals surface area (Å²) in [5.41, 5.74) is 12.5. The second-order valence-corrected chi connectivity index (χ2v) is 19.4. The molecule has 69 heavy (non-hydrogen) atoms. The van der Waals surface area contributed by atoms with E-state index in [-0.39, 0.29) is 0 Å². The average Bonchev–Trinajstić information content (AvgIpc) is 3.92. The largest absolute Gasteiger partial charge is 0.135 e.